The molecule has 2 atom stereocenters. The first-order valence-electron chi connectivity index (χ1n) is 24.0. The Labute approximate surface area is 395 Å². The van der Waals surface area contributed by atoms with Gasteiger partial charge >= 0.3 is 5.69 Å². The van der Waals surface area contributed by atoms with Crippen molar-refractivity contribution in [3.05, 3.63) is 106 Å². The van der Waals surface area contributed by atoms with E-state index in [1.54, 1.807) is 12.1 Å². The van der Waals surface area contributed by atoms with Gasteiger partial charge in [0.05, 0.1) is 32.6 Å². The summed E-state index contributed by atoms with van der Waals surface area (Å²) in [4.78, 5) is 37.2. The lowest BCUT2D eigenvalue weighted by Crippen LogP contribution is -2.54. The fourth-order valence-electron chi connectivity index (χ4n) is 11.6. The molecule has 2 saturated heterocycles. The lowest BCUT2D eigenvalue weighted by molar-refractivity contribution is -0.386. The first-order valence-corrected chi connectivity index (χ1v) is 25.5. The number of amides is 1. The van der Waals surface area contributed by atoms with Crippen molar-refractivity contribution in [1.29, 1.82) is 0 Å². The molecule has 68 heavy (non-hydrogen) atoms. The smallest absolute Gasteiger partial charge is 0.316 e. The summed E-state index contributed by atoms with van der Waals surface area (Å²) in [6.07, 6.45) is 12.2. The summed E-state index contributed by atoms with van der Waals surface area (Å²) in [6, 6.07) is 18.3. The number of hydrogen-bond donors (Lipinski definition) is 3. The molecule has 5 aromatic rings. The quantitative estimate of drug-likeness (QED) is 0.0795. The summed E-state index contributed by atoms with van der Waals surface area (Å²) in [6.45, 7) is 9.08. The highest BCUT2D eigenvalue weighted by molar-refractivity contribution is 7.90. The molecule has 2 saturated carbocycles. The summed E-state index contributed by atoms with van der Waals surface area (Å²) < 4.78 is 62.9. The molecule has 4 fully saturated rings. The molecule has 3 aliphatic heterocycles. The molecule has 1 amide bonds. The van der Waals surface area contributed by atoms with Crippen LogP contribution in [0, 0.1) is 27.3 Å². The van der Waals surface area contributed by atoms with Crippen LogP contribution in [0.3, 0.4) is 0 Å². The second kappa shape index (κ2) is 17.9. The number of nitro benzene ring substituents is 1. The van der Waals surface area contributed by atoms with E-state index in [2.05, 4.69) is 62.6 Å². The highest BCUT2D eigenvalue weighted by Gasteiger charge is 2.50. The zero-order chi connectivity index (χ0) is 47.5. The summed E-state index contributed by atoms with van der Waals surface area (Å²) in [5.41, 5.74) is 2.77. The third-order valence-corrected chi connectivity index (χ3v) is 16.7. The van der Waals surface area contributed by atoms with Crippen LogP contribution in [0.15, 0.2) is 78.0 Å². The van der Waals surface area contributed by atoms with Crippen molar-refractivity contribution in [2.24, 2.45) is 11.3 Å². The topological polar surface area (TPSA) is 189 Å². The summed E-state index contributed by atoms with van der Waals surface area (Å²) in [7, 11) is -4.74. The molecule has 3 aromatic carbocycles. The number of benzene rings is 3. The first kappa shape index (κ1) is 46.0. The maximum absolute atomic E-state index is 14.7. The number of aromatic nitrogens is 2. The van der Waals surface area contributed by atoms with Crippen LogP contribution >= 0.6 is 0 Å². The van der Waals surface area contributed by atoms with Crippen molar-refractivity contribution < 1.29 is 41.8 Å². The Morgan fingerprint density at radius 2 is 1.82 bits per heavy atom. The number of pyridine rings is 1. The van der Waals surface area contributed by atoms with Gasteiger partial charge in [0.2, 0.25) is 5.75 Å². The van der Waals surface area contributed by atoms with Crippen molar-refractivity contribution in [3.63, 3.8) is 0 Å². The van der Waals surface area contributed by atoms with Crippen molar-refractivity contribution >= 4 is 38.3 Å². The Balaban J connectivity index is 0.853. The van der Waals surface area contributed by atoms with Gasteiger partial charge in [-0.15, -0.1) is 0 Å². The van der Waals surface area contributed by atoms with E-state index in [4.69, 9.17) is 14.2 Å². The second-order valence-electron chi connectivity index (χ2n) is 20.4. The molecule has 2 aliphatic carbocycles. The van der Waals surface area contributed by atoms with Gasteiger partial charge in [0.15, 0.2) is 5.75 Å². The van der Waals surface area contributed by atoms with Gasteiger partial charge < -0.3 is 29.2 Å². The predicted molar refractivity (Wildman–Crippen MR) is 254 cm³/mol. The number of likely N-dealkylation sites (tertiary alicyclic amines) is 1. The van der Waals surface area contributed by atoms with Crippen molar-refractivity contribution in [2.45, 2.75) is 126 Å². The SMILES string of the molecule is CC(C)c1ccccc1[C@@H]1CCCN1C1CC2(CCN(c3ccc(C(=O)NS(=O)(=O)c4cc5c(c([N+](=O)[O-])c4)O[C@H](CC4CCC(C)(O)CC4)CO5)c(Oc4cnc5[nH]cc(F)c5c4)c3)CC2)C1. The van der Waals surface area contributed by atoms with Gasteiger partial charge in [-0.1, -0.05) is 38.1 Å². The molecule has 5 heterocycles. The number of nitro groups is 1. The molecule has 0 bridgehead atoms. The van der Waals surface area contributed by atoms with Crippen LogP contribution in [-0.2, 0) is 10.0 Å². The van der Waals surface area contributed by atoms with E-state index in [9.17, 15) is 32.8 Å². The van der Waals surface area contributed by atoms with Crippen LogP contribution in [0.25, 0.3) is 11.0 Å². The number of piperidine rings is 1. The fourth-order valence-corrected chi connectivity index (χ4v) is 12.6. The van der Waals surface area contributed by atoms with Crippen LogP contribution in [0.5, 0.6) is 23.0 Å². The van der Waals surface area contributed by atoms with Gasteiger partial charge in [-0.25, -0.2) is 22.5 Å². The fraction of sp³-hybridized carbons (Fsp3) is 0.490. The van der Waals surface area contributed by atoms with Gasteiger partial charge in [0.1, 0.15) is 35.7 Å². The van der Waals surface area contributed by atoms with Gasteiger partial charge in [0.25, 0.3) is 15.9 Å². The Bertz CT molecular complexity index is 2840. The standard InChI is InChI=1S/C51H59FN6O9S/c1-31(2)38-7-4-5-8-39(38)43-9-6-18-57(43)34-26-51(27-34)16-19-56(20-17-51)33-10-11-40(45(22-33)66-35-23-41-42(52)29-54-48(41)53-28-35)49(59)55-68(63,64)37-24-44(58(61)62)47-46(25-37)65-30-36(67-47)21-32-12-14-50(3,60)15-13-32/h4-5,7-8,10-11,22-25,28-29,31-32,34,36,43,60H,6,9,12-21,26-27,30H2,1-3H3,(H,53,54)(H,55,59)/t32?,36-,43+,50?/m1/s1. The minimum Gasteiger partial charge on any atom is -0.486 e. The Morgan fingerprint density at radius 3 is 2.57 bits per heavy atom. The largest absolute Gasteiger partial charge is 0.486 e. The van der Waals surface area contributed by atoms with Crippen molar-refractivity contribution in [2.75, 3.05) is 31.1 Å². The number of rotatable bonds is 12. The predicted octanol–water partition coefficient (Wildman–Crippen LogP) is 9.70. The monoisotopic (exact) mass is 950 g/mol. The van der Waals surface area contributed by atoms with Gasteiger partial charge in [-0.05, 0) is 131 Å². The van der Waals surface area contributed by atoms with Crippen LogP contribution in [0.2, 0.25) is 0 Å². The van der Waals surface area contributed by atoms with E-state index >= 15 is 0 Å². The number of anilines is 1. The number of aliphatic hydroxyl groups is 1. The first-order chi connectivity index (χ1) is 32.5. The molecule has 3 N–H and O–H groups in total. The highest BCUT2D eigenvalue weighted by Crippen LogP contribution is 2.54. The van der Waals surface area contributed by atoms with Crippen LogP contribution in [0.1, 0.15) is 125 Å². The molecule has 2 aromatic heterocycles. The van der Waals surface area contributed by atoms with Gasteiger partial charge in [0, 0.05) is 55.3 Å². The molecule has 5 aliphatic rings. The number of aromatic amines is 1. The molecule has 1 spiro atoms. The van der Waals surface area contributed by atoms with Gasteiger partial charge in [-0.3, -0.25) is 19.8 Å². The number of fused-ring (bicyclic) bond motifs is 2. The summed E-state index contributed by atoms with van der Waals surface area (Å²) >= 11 is 0. The van der Waals surface area contributed by atoms with Crippen molar-refractivity contribution in [3.8, 4) is 23.0 Å². The van der Waals surface area contributed by atoms with Crippen LogP contribution in [0.4, 0.5) is 15.8 Å². The number of carbonyl (C=O) groups excluding carboxylic acids is 1. The van der Waals surface area contributed by atoms with Crippen LogP contribution in [-0.4, -0.2) is 83.2 Å². The number of sulfonamides is 1. The van der Waals surface area contributed by atoms with E-state index < -0.39 is 49.0 Å². The highest BCUT2D eigenvalue weighted by atomic mass is 32.2. The molecule has 15 nitrogen and oxygen atoms in total. The molecule has 0 unspecified atom stereocenters. The number of nitrogens with one attached hydrogen (secondary N) is 2. The van der Waals surface area contributed by atoms with E-state index in [0.717, 1.165) is 76.0 Å². The Morgan fingerprint density at radius 1 is 1.06 bits per heavy atom. The maximum atomic E-state index is 14.7. The number of ether oxygens (including phenoxy) is 3. The molecule has 10 rings (SSSR count). The zero-order valence-electron chi connectivity index (χ0n) is 38.7. The maximum Gasteiger partial charge on any atom is 0.316 e. The van der Waals surface area contributed by atoms with Crippen molar-refractivity contribution in [1.82, 2.24) is 19.6 Å². The number of hydrogen-bond acceptors (Lipinski definition) is 12. The molecule has 17 heteroatoms. The lowest BCUT2D eigenvalue weighted by atomic mass is 9.59. The summed E-state index contributed by atoms with van der Waals surface area (Å²) in [5.74, 6) is -1.06. The molecular formula is C51H59FN6O9S. The van der Waals surface area contributed by atoms with E-state index in [1.807, 2.05) is 6.92 Å². The zero-order valence-corrected chi connectivity index (χ0v) is 39.5. The number of nitrogens with zero attached hydrogens (tertiary/aromatic N) is 4. The Hall–Kier alpha value is -5.78. The molecular weight excluding hydrogens is 892 g/mol. The number of H-pyrrole nitrogens is 1. The third kappa shape index (κ3) is 9.11. The number of halogens is 1. The second-order valence-corrected chi connectivity index (χ2v) is 22.1. The molecule has 0 radical (unpaired) electrons. The average Bonchev–Trinajstić information content (AvgIpc) is 3.94. The minimum atomic E-state index is -4.74. The third-order valence-electron chi connectivity index (χ3n) is 15.4. The molecule has 360 valence electrons. The Kier molecular flexibility index (Phi) is 12.1. The summed E-state index contributed by atoms with van der Waals surface area (Å²) in [5, 5.41) is 22.9. The normalized spacial score (nSPS) is 24.0. The lowest BCUT2D eigenvalue weighted by Gasteiger charge is -2.56. The number of carbonyl (C=O) groups is 1. The van der Waals surface area contributed by atoms with Crippen LogP contribution < -0.4 is 23.8 Å². The average molecular weight is 951 g/mol. The van der Waals surface area contributed by atoms with Gasteiger partial charge in [-0.2, -0.15) is 0 Å². The van der Waals surface area contributed by atoms with E-state index in [-0.39, 0.29) is 51.9 Å². The van der Waals surface area contributed by atoms with E-state index in [0.29, 0.717) is 42.9 Å². The minimum absolute atomic E-state index is 0.0128. The van der Waals surface area contributed by atoms with E-state index in [1.165, 1.54) is 48.5 Å².